The van der Waals surface area contributed by atoms with E-state index in [1.807, 2.05) is 12.1 Å². The summed E-state index contributed by atoms with van der Waals surface area (Å²) in [6.07, 6.45) is 6.22. The van der Waals surface area contributed by atoms with Crippen LogP contribution in [-0.4, -0.2) is 12.1 Å². The third-order valence-electron chi connectivity index (χ3n) is 3.59. The van der Waals surface area contributed by atoms with Gasteiger partial charge >= 0.3 is 5.97 Å². The summed E-state index contributed by atoms with van der Waals surface area (Å²) in [5.41, 5.74) is 0.0143. The molecule has 0 amide bonds. The monoisotopic (exact) mass is 291 g/mol. The first kappa shape index (κ1) is 15.2. The maximum Gasteiger partial charge on any atom is 0.338 e. The van der Waals surface area contributed by atoms with Crippen LogP contribution in [0, 0.1) is 28.9 Å². The minimum Gasteiger partial charge on any atom is -0.459 e. The van der Waals surface area contributed by atoms with Gasteiger partial charge in [0.1, 0.15) is 6.10 Å². The van der Waals surface area contributed by atoms with Gasteiger partial charge in [-0.3, -0.25) is 0 Å². The molecule has 0 aliphatic heterocycles. The highest BCUT2D eigenvalue weighted by Gasteiger charge is 2.23. The van der Waals surface area contributed by atoms with Crippen molar-refractivity contribution in [2.24, 2.45) is 5.92 Å². The van der Waals surface area contributed by atoms with Crippen LogP contribution >= 0.6 is 0 Å². The van der Waals surface area contributed by atoms with Crippen LogP contribution in [0.4, 0.5) is 8.78 Å². The normalized spacial score (nSPS) is 22.0. The Morgan fingerprint density at radius 1 is 1.24 bits per heavy atom. The molecule has 5 heteroatoms. The molecule has 1 saturated carbocycles. The number of benzene rings is 1. The number of esters is 1. The Bertz CT molecular complexity index is 584. The number of halogens is 2. The highest BCUT2D eigenvalue weighted by atomic mass is 19.2. The van der Waals surface area contributed by atoms with Crippen molar-refractivity contribution in [1.29, 1.82) is 5.26 Å². The van der Waals surface area contributed by atoms with Gasteiger partial charge in [0.05, 0.1) is 11.6 Å². The number of nitrogens with zero attached hydrogens (tertiary/aromatic N) is 1. The predicted molar refractivity (Wildman–Crippen MR) is 72.3 cm³/mol. The van der Waals surface area contributed by atoms with Crippen LogP contribution in [0.2, 0.25) is 0 Å². The van der Waals surface area contributed by atoms with Crippen molar-refractivity contribution in [1.82, 2.24) is 0 Å². The molecule has 1 aliphatic rings. The smallest absolute Gasteiger partial charge is 0.338 e. The Morgan fingerprint density at radius 2 is 1.95 bits per heavy atom. The first-order valence-corrected chi connectivity index (χ1v) is 6.82. The van der Waals surface area contributed by atoms with Gasteiger partial charge < -0.3 is 4.74 Å². The van der Waals surface area contributed by atoms with Crippen molar-refractivity contribution in [3.8, 4) is 6.07 Å². The second kappa shape index (κ2) is 6.98. The lowest BCUT2D eigenvalue weighted by Gasteiger charge is -2.26. The van der Waals surface area contributed by atoms with Gasteiger partial charge in [0.2, 0.25) is 0 Å². The molecule has 1 fully saturated rings. The van der Waals surface area contributed by atoms with Gasteiger partial charge in [-0.05, 0) is 49.8 Å². The van der Waals surface area contributed by atoms with Crippen molar-refractivity contribution in [2.45, 2.75) is 31.8 Å². The molecule has 1 aromatic rings. The van der Waals surface area contributed by atoms with Gasteiger partial charge in [0.15, 0.2) is 11.6 Å². The Balaban J connectivity index is 1.88. The quantitative estimate of drug-likeness (QED) is 0.629. The summed E-state index contributed by atoms with van der Waals surface area (Å²) in [4.78, 5) is 11.9. The average molecular weight is 291 g/mol. The van der Waals surface area contributed by atoms with E-state index in [-0.39, 0.29) is 11.7 Å². The number of allylic oxidation sites excluding steroid dienone is 2. The Hall–Kier alpha value is -2.22. The number of hydrogen-bond acceptors (Lipinski definition) is 3. The number of hydrogen-bond donors (Lipinski definition) is 0. The number of nitriles is 1. The van der Waals surface area contributed by atoms with E-state index in [4.69, 9.17) is 10.00 Å². The van der Waals surface area contributed by atoms with E-state index in [2.05, 4.69) is 0 Å². The number of carbonyl (C=O) groups excluding carboxylic acids is 1. The van der Waals surface area contributed by atoms with Crippen molar-refractivity contribution in [3.05, 3.63) is 47.5 Å². The molecule has 2 rings (SSSR count). The molecule has 21 heavy (non-hydrogen) atoms. The van der Waals surface area contributed by atoms with Gasteiger partial charge in [-0.1, -0.05) is 6.08 Å². The molecule has 3 nitrogen and oxygen atoms in total. The molecule has 1 aliphatic carbocycles. The zero-order valence-corrected chi connectivity index (χ0v) is 11.4. The molecule has 0 aromatic heterocycles. The first-order chi connectivity index (χ1) is 10.1. The van der Waals surface area contributed by atoms with E-state index >= 15 is 0 Å². The molecule has 0 radical (unpaired) electrons. The first-order valence-electron chi connectivity index (χ1n) is 6.82. The Morgan fingerprint density at radius 3 is 2.57 bits per heavy atom. The van der Waals surface area contributed by atoms with Crippen LogP contribution in [-0.2, 0) is 4.74 Å². The summed E-state index contributed by atoms with van der Waals surface area (Å²) in [6.45, 7) is 0. The maximum atomic E-state index is 13.1. The van der Waals surface area contributed by atoms with E-state index in [1.54, 1.807) is 0 Å². The molecule has 0 bridgehead atoms. The van der Waals surface area contributed by atoms with E-state index < -0.39 is 17.6 Å². The van der Waals surface area contributed by atoms with Crippen LogP contribution in [0.25, 0.3) is 0 Å². The molecule has 0 unspecified atom stereocenters. The van der Waals surface area contributed by atoms with Gasteiger partial charge in [-0.2, -0.15) is 5.26 Å². The molecule has 110 valence electrons. The maximum absolute atomic E-state index is 13.1. The van der Waals surface area contributed by atoms with E-state index in [1.165, 1.54) is 12.1 Å². The summed E-state index contributed by atoms with van der Waals surface area (Å²) in [6, 6.07) is 4.93. The highest BCUT2D eigenvalue weighted by molar-refractivity contribution is 5.89. The van der Waals surface area contributed by atoms with Crippen molar-refractivity contribution in [2.75, 3.05) is 0 Å². The van der Waals surface area contributed by atoms with E-state index in [0.29, 0.717) is 18.8 Å². The Labute approximate surface area is 121 Å². The minimum absolute atomic E-state index is 0.0143. The molecule has 0 N–H and O–H groups in total. The third kappa shape index (κ3) is 4.12. The largest absolute Gasteiger partial charge is 0.459 e. The van der Waals surface area contributed by atoms with E-state index in [9.17, 15) is 13.6 Å². The molecule has 0 heterocycles. The highest BCUT2D eigenvalue weighted by Crippen LogP contribution is 2.27. The van der Waals surface area contributed by atoms with Crippen molar-refractivity contribution in [3.63, 3.8) is 0 Å². The zero-order chi connectivity index (χ0) is 15.2. The topological polar surface area (TPSA) is 50.1 Å². The summed E-state index contributed by atoms with van der Waals surface area (Å²) < 4.78 is 31.2. The molecule has 0 atom stereocenters. The summed E-state index contributed by atoms with van der Waals surface area (Å²) >= 11 is 0. The SMILES string of the molecule is N#C/C=C/C1CCC(OC(=O)c2ccc(F)c(F)c2)CC1. The molecular weight excluding hydrogens is 276 g/mol. The van der Waals surface area contributed by atoms with Crippen molar-refractivity contribution < 1.29 is 18.3 Å². The number of ether oxygens (including phenoxy) is 1. The zero-order valence-electron chi connectivity index (χ0n) is 11.4. The summed E-state index contributed by atoms with van der Waals surface area (Å²) in [5.74, 6) is -2.35. The molecule has 1 aromatic carbocycles. The lowest BCUT2D eigenvalue weighted by atomic mass is 9.87. The molecule has 0 spiro atoms. The second-order valence-electron chi connectivity index (χ2n) is 5.06. The minimum atomic E-state index is -1.06. The van der Waals surface area contributed by atoms with Crippen LogP contribution in [0.5, 0.6) is 0 Å². The fraction of sp³-hybridized carbons (Fsp3) is 0.375. The van der Waals surface area contributed by atoms with Gasteiger partial charge in [0, 0.05) is 6.08 Å². The standard InChI is InChI=1S/C16H15F2NO2/c17-14-8-5-12(10-15(14)18)16(20)21-13-6-3-11(4-7-13)2-1-9-19/h1-2,5,8,10-11,13H,3-4,6-7H2/b2-1+. The van der Waals surface area contributed by atoms with Crippen LogP contribution < -0.4 is 0 Å². The third-order valence-corrected chi connectivity index (χ3v) is 3.59. The average Bonchev–Trinajstić information content (AvgIpc) is 2.49. The van der Waals surface area contributed by atoms with Crippen molar-refractivity contribution >= 4 is 5.97 Å². The fourth-order valence-corrected chi connectivity index (χ4v) is 2.42. The lowest BCUT2D eigenvalue weighted by molar-refractivity contribution is 0.0184. The number of rotatable bonds is 3. The molecule has 0 saturated heterocycles. The van der Waals surface area contributed by atoms with E-state index in [0.717, 1.165) is 25.0 Å². The summed E-state index contributed by atoms with van der Waals surface area (Å²) in [5, 5.41) is 8.47. The fourth-order valence-electron chi connectivity index (χ4n) is 2.42. The second-order valence-corrected chi connectivity index (χ2v) is 5.06. The summed E-state index contributed by atoms with van der Waals surface area (Å²) in [7, 11) is 0. The molecular formula is C16H15F2NO2. The van der Waals surface area contributed by atoms with Gasteiger partial charge in [0.25, 0.3) is 0 Å². The van der Waals surface area contributed by atoms with Gasteiger partial charge in [-0.25, -0.2) is 13.6 Å². The van der Waals surface area contributed by atoms with Gasteiger partial charge in [-0.15, -0.1) is 0 Å². The predicted octanol–water partition coefficient (Wildman–Crippen LogP) is 3.76. The van der Waals surface area contributed by atoms with Crippen LogP contribution in [0.1, 0.15) is 36.0 Å². The lowest BCUT2D eigenvalue weighted by Crippen LogP contribution is -2.24. The van der Waals surface area contributed by atoms with Crippen LogP contribution in [0.3, 0.4) is 0 Å². The Kier molecular flexibility index (Phi) is 5.04. The number of carbonyl (C=O) groups is 1. The van der Waals surface area contributed by atoms with Crippen LogP contribution in [0.15, 0.2) is 30.4 Å².